The normalized spacial score (nSPS) is 26.7. The molecular weight excluding hydrogens is 699 g/mol. The minimum atomic E-state index is -3.67. The van der Waals surface area contributed by atoms with Crippen molar-refractivity contribution in [1.82, 2.24) is 9.80 Å². The summed E-state index contributed by atoms with van der Waals surface area (Å²) in [6.07, 6.45) is 1.66. The number of nitrogens with zero attached hydrogens (tertiary/aromatic N) is 2. The Morgan fingerprint density at radius 2 is 1.61 bits per heavy atom. The zero-order valence-corrected chi connectivity index (χ0v) is 28.5. The highest BCUT2D eigenvalue weighted by Gasteiger charge is 2.64. The fraction of sp³-hybridized carbons (Fsp3) is 0.500. The molecule has 49 heavy (non-hydrogen) atoms. The quantitative estimate of drug-likeness (QED) is 0.102. The Kier molecular flexibility index (Phi) is 11.1. The van der Waals surface area contributed by atoms with Crippen LogP contribution < -0.4 is 11.1 Å². The summed E-state index contributed by atoms with van der Waals surface area (Å²) in [7, 11) is -2.62. The highest BCUT2D eigenvalue weighted by Crippen LogP contribution is 2.53. The second-order valence-electron chi connectivity index (χ2n) is 12.3. The zero-order valence-electron chi connectivity index (χ0n) is 26.8. The number of anilines is 1. The van der Waals surface area contributed by atoms with Gasteiger partial charge in [-0.2, -0.15) is 16.8 Å². The first-order chi connectivity index (χ1) is 22.2. The number of phenols is 1. The van der Waals surface area contributed by atoms with Crippen molar-refractivity contribution in [2.45, 2.75) is 36.9 Å². The monoisotopic (exact) mass is 736 g/mol. The van der Waals surface area contributed by atoms with E-state index in [4.69, 9.17) is 14.8 Å². The number of fused-ring (bicyclic) bond motifs is 3. The largest absolute Gasteiger partial charge is 0.508 e. The summed E-state index contributed by atoms with van der Waals surface area (Å²) < 4.78 is 67.1. The number of amides is 2. The molecule has 1 aromatic rings. The molecule has 0 aromatic heterocycles. The molecule has 3 aliphatic carbocycles. The molecular formula is C28H37FN4O14S2. The topological polar surface area (TPSA) is 302 Å². The van der Waals surface area contributed by atoms with E-state index in [0.29, 0.717) is 25.5 Å². The van der Waals surface area contributed by atoms with E-state index in [2.05, 4.69) is 5.32 Å². The van der Waals surface area contributed by atoms with E-state index in [-0.39, 0.29) is 24.1 Å². The number of likely N-dealkylation sites (N-methyl/N-ethyl adjacent to an activating group) is 2. The maximum Gasteiger partial charge on any atom is 0.261 e. The molecule has 0 spiro atoms. The minimum Gasteiger partial charge on any atom is -0.508 e. The van der Waals surface area contributed by atoms with E-state index in [0.717, 1.165) is 6.07 Å². The molecule has 1 heterocycles. The van der Waals surface area contributed by atoms with Crippen LogP contribution in [0.4, 0.5) is 10.1 Å². The average Bonchev–Trinajstić information content (AvgIpc) is 2.90. The molecule has 1 aliphatic heterocycles. The maximum atomic E-state index is 15.3. The minimum absolute atomic E-state index is 0.114. The molecule has 0 unspecified atom stereocenters. The molecule has 0 radical (unpaired) electrons. The van der Waals surface area contributed by atoms with Crippen LogP contribution in [0.1, 0.15) is 24.0 Å². The Bertz CT molecular complexity index is 1850. The number of hydrogen-bond acceptors (Lipinski definition) is 14. The smallest absolute Gasteiger partial charge is 0.261 e. The van der Waals surface area contributed by atoms with E-state index >= 15 is 4.39 Å². The van der Waals surface area contributed by atoms with Crippen molar-refractivity contribution < 1.29 is 69.9 Å². The van der Waals surface area contributed by atoms with Crippen molar-refractivity contribution in [3.8, 4) is 5.75 Å². The average molecular weight is 737 g/mol. The molecule has 1 aromatic carbocycles. The van der Waals surface area contributed by atoms with E-state index in [9.17, 15) is 56.4 Å². The summed E-state index contributed by atoms with van der Waals surface area (Å²) in [5.41, 5.74) is 0.338. The molecule has 2 amide bonds. The molecule has 21 heteroatoms. The van der Waals surface area contributed by atoms with Gasteiger partial charge in [-0.25, -0.2) is 4.39 Å². The third kappa shape index (κ3) is 7.92. The Morgan fingerprint density at radius 3 is 2.04 bits per heavy atom. The molecule has 5 atom stereocenters. The van der Waals surface area contributed by atoms with E-state index in [1.165, 1.54) is 19.0 Å². The van der Waals surface area contributed by atoms with Gasteiger partial charge in [0, 0.05) is 29.7 Å². The van der Waals surface area contributed by atoms with Crippen molar-refractivity contribution in [3.63, 3.8) is 0 Å². The van der Waals surface area contributed by atoms with Gasteiger partial charge in [-0.15, -0.1) is 0 Å². The summed E-state index contributed by atoms with van der Waals surface area (Å²) in [4.78, 5) is 54.7. The highest BCUT2D eigenvalue weighted by atomic mass is 32.2. The van der Waals surface area contributed by atoms with Gasteiger partial charge >= 0.3 is 0 Å². The number of benzene rings is 1. The van der Waals surface area contributed by atoms with E-state index < -0.39 is 113 Å². The molecule has 272 valence electrons. The number of halogens is 1. The van der Waals surface area contributed by atoms with Crippen LogP contribution in [0.15, 0.2) is 23.0 Å². The second kappa shape index (κ2) is 13.7. The van der Waals surface area contributed by atoms with Crippen molar-refractivity contribution in [1.29, 1.82) is 0 Å². The number of Topliss-reactive ketones (excluding diaryl/α,β-unsaturated/α-hetero) is 2. The van der Waals surface area contributed by atoms with Gasteiger partial charge in [0.05, 0.1) is 35.8 Å². The number of phenolic OH excluding ortho intramolecular Hbond substituents is 1. The third-order valence-corrected chi connectivity index (χ3v) is 8.51. The standard InChI is InChI=1S/C26H29FN4O8.2CH4O3S/c1-30(2)18-11-7-9-6-10-12(27)8-13(29-25(38)14-4-5-31(14)3)19(32)16(10)20(33)15(9)22(35)26(11,39)23(36)17(21(18)34)24(28)37;2*1-5(2,3)4/h8-9,11,14,18,32-33,36,39H,4-7H2,1-3H3,(H2,28,37)(H,29,38);2*1H3,(H,2,3,4)/t9-,11-,14-,18-,26-;;/m0../s1. The van der Waals surface area contributed by atoms with Crippen molar-refractivity contribution in [2.24, 2.45) is 17.6 Å². The molecule has 2 fully saturated rings. The predicted octanol–water partition coefficient (Wildman–Crippen LogP) is -1.25. The lowest BCUT2D eigenvalue weighted by Gasteiger charge is -2.50. The molecule has 18 nitrogen and oxygen atoms in total. The second-order valence-corrected chi connectivity index (χ2v) is 15.2. The lowest BCUT2D eigenvalue weighted by molar-refractivity contribution is -0.153. The van der Waals surface area contributed by atoms with Crippen molar-refractivity contribution in [2.75, 3.05) is 45.5 Å². The summed E-state index contributed by atoms with van der Waals surface area (Å²) in [5.74, 6) is -9.61. The van der Waals surface area contributed by atoms with Crippen LogP contribution in [0.3, 0.4) is 0 Å². The molecule has 0 bridgehead atoms. The van der Waals surface area contributed by atoms with Gasteiger partial charge in [-0.1, -0.05) is 0 Å². The lowest BCUT2D eigenvalue weighted by atomic mass is 9.57. The first-order valence-corrected chi connectivity index (χ1v) is 18.0. The number of aliphatic hydroxyl groups is 3. The first kappa shape index (κ1) is 39.4. The Balaban J connectivity index is 0.000000571. The summed E-state index contributed by atoms with van der Waals surface area (Å²) in [6.45, 7) is 0.696. The van der Waals surface area contributed by atoms with Gasteiger partial charge in [-0.05, 0) is 46.3 Å². The molecule has 1 saturated heterocycles. The number of rotatable bonds is 4. The van der Waals surface area contributed by atoms with Crippen LogP contribution in [0.2, 0.25) is 0 Å². The van der Waals surface area contributed by atoms with Gasteiger partial charge in [0.25, 0.3) is 26.1 Å². The Hall–Kier alpha value is -3.99. The number of ketones is 2. The van der Waals surface area contributed by atoms with Crippen LogP contribution in [-0.4, -0.2) is 137 Å². The van der Waals surface area contributed by atoms with Crippen molar-refractivity contribution in [3.05, 3.63) is 39.9 Å². The van der Waals surface area contributed by atoms with Gasteiger partial charge < -0.3 is 31.5 Å². The van der Waals surface area contributed by atoms with Crippen LogP contribution in [0.25, 0.3) is 5.76 Å². The van der Waals surface area contributed by atoms with Gasteiger partial charge in [0.1, 0.15) is 22.9 Å². The highest BCUT2D eigenvalue weighted by molar-refractivity contribution is 7.85. The number of aliphatic hydroxyl groups excluding tert-OH is 2. The van der Waals surface area contributed by atoms with Crippen LogP contribution in [0.5, 0.6) is 5.75 Å². The Morgan fingerprint density at radius 1 is 1.08 bits per heavy atom. The van der Waals surface area contributed by atoms with Crippen LogP contribution in [0, 0.1) is 17.7 Å². The fourth-order valence-corrected chi connectivity index (χ4v) is 6.43. The number of carbonyl (C=O) groups excluding carboxylic acids is 4. The van der Waals surface area contributed by atoms with Crippen molar-refractivity contribution >= 4 is 55.1 Å². The molecule has 4 aliphatic rings. The number of nitrogens with two attached hydrogens (primary N) is 1. The van der Waals surface area contributed by atoms with E-state index in [1.54, 1.807) is 11.9 Å². The van der Waals surface area contributed by atoms with Gasteiger partial charge in [-0.3, -0.25) is 38.1 Å². The molecule has 1 saturated carbocycles. The van der Waals surface area contributed by atoms with Crippen LogP contribution >= 0.6 is 0 Å². The summed E-state index contributed by atoms with van der Waals surface area (Å²) in [6, 6.07) is -0.772. The van der Waals surface area contributed by atoms with E-state index in [1.807, 2.05) is 0 Å². The number of primary amides is 1. The number of aromatic hydroxyl groups is 1. The SMILES string of the molecule is CN(C)[C@@H]1C(=O)C(C(N)=O)=C(O)[C@@]2(O)C(=O)C3=C(O)c4c(O)c(NC(=O)[C@@H]5CCN5C)cc(F)c4C[C@H]3C[C@@H]12.CS(=O)(=O)O.CS(=O)(=O)O. The number of carbonyl (C=O) groups is 4. The number of hydrogen-bond donors (Lipinski definition) is 8. The molecule has 5 rings (SSSR count). The van der Waals surface area contributed by atoms with Gasteiger partial charge in [0.2, 0.25) is 11.7 Å². The lowest BCUT2D eigenvalue weighted by Crippen LogP contribution is -2.65. The fourth-order valence-electron chi connectivity index (χ4n) is 6.43. The maximum absolute atomic E-state index is 15.3. The number of nitrogens with one attached hydrogen (secondary N) is 1. The Labute approximate surface area is 280 Å². The first-order valence-electron chi connectivity index (χ1n) is 14.3. The molecule has 9 N–H and O–H groups in total. The predicted molar refractivity (Wildman–Crippen MR) is 169 cm³/mol. The van der Waals surface area contributed by atoms with Gasteiger partial charge in [0.15, 0.2) is 17.1 Å². The van der Waals surface area contributed by atoms with Crippen LogP contribution in [-0.2, 0) is 45.8 Å². The summed E-state index contributed by atoms with van der Waals surface area (Å²) in [5, 5.41) is 47.1. The summed E-state index contributed by atoms with van der Waals surface area (Å²) >= 11 is 0. The third-order valence-electron chi connectivity index (χ3n) is 8.51. The zero-order chi connectivity index (χ0) is 37.7. The number of likely N-dealkylation sites (tertiary alicyclic amines) is 1.